The molecule has 0 saturated carbocycles. The molecular weight excluding hydrogens is 428 g/mol. The highest BCUT2D eigenvalue weighted by Gasteiger charge is 2.35. The molecule has 162 valence electrons. The van der Waals surface area contributed by atoms with Crippen LogP contribution in [0, 0.1) is 0 Å². The van der Waals surface area contributed by atoms with Crippen molar-refractivity contribution in [3.05, 3.63) is 76.3 Å². The molecule has 0 bridgehead atoms. The van der Waals surface area contributed by atoms with Crippen LogP contribution in [0.15, 0.2) is 59.5 Å². The highest BCUT2D eigenvalue weighted by Crippen LogP contribution is 2.42. The molecule has 2 atom stereocenters. The van der Waals surface area contributed by atoms with E-state index in [9.17, 15) is 8.42 Å². The number of nitrogens with one attached hydrogen (secondary N) is 1. The Morgan fingerprint density at radius 2 is 1.77 bits per heavy atom. The van der Waals surface area contributed by atoms with E-state index in [0.29, 0.717) is 29.0 Å². The molecular formula is C25H27ClN2O2S. The molecule has 1 N–H and O–H groups in total. The molecule has 3 aromatic rings. The smallest absolute Gasteiger partial charge is 0.241 e. The highest BCUT2D eigenvalue weighted by molar-refractivity contribution is 7.89. The predicted molar refractivity (Wildman–Crippen MR) is 126 cm³/mol. The summed E-state index contributed by atoms with van der Waals surface area (Å²) in [5.41, 5.74) is 4.53. The third-order valence-corrected chi connectivity index (χ3v) is 8.74. The maximum absolute atomic E-state index is 13.0. The zero-order valence-corrected chi connectivity index (χ0v) is 19.2. The summed E-state index contributed by atoms with van der Waals surface area (Å²) < 4.78 is 28.9. The summed E-state index contributed by atoms with van der Waals surface area (Å²) in [6, 6.07) is 18.1. The van der Waals surface area contributed by atoms with Crippen LogP contribution < -0.4 is 4.72 Å². The minimum absolute atomic E-state index is 0.285. The lowest BCUT2D eigenvalue weighted by molar-refractivity contribution is 0.128. The molecule has 3 aromatic carbocycles. The van der Waals surface area contributed by atoms with Crippen LogP contribution in [0.3, 0.4) is 0 Å². The summed E-state index contributed by atoms with van der Waals surface area (Å²) in [6.07, 6.45) is 4.16. The molecule has 31 heavy (non-hydrogen) atoms. The Labute approximate surface area is 189 Å². The molecule has 6 heteroatoms. The van der Waals surface area contributed by atoms with E-state index in [1.807, 2.05) is 18.2 Å². The summed E-state index contributed by atoms with van der Waals surface area (Å²) in [4.78, 5) is 2.86. The zero-order valence-electron chi connectivity index (χ0n) is 17.6. The standard InChI is InChI=1S/C25H27ClN2O2S/c1-17(28-16-14-19-6-4-5-18-9-11-23(28)25(18)19)13-15-27-31(29,30)24-12-10-22(26)20-7-2-3-8-21(20)24/h2-8,10,12,17,23,27H,9,11,13-16H2,1H3. The van der Waals surface area contributed by atoms with Gasteiger partial charge in [-0.15, -0.1) is 0 Å². The molecule has 2 unspecified atom stereocenters. The third kappa shape index (κ3) is 3.78. The number of halogens is 1. The van der Waals surface area contributed by atoms with Crippen LogP contribution in [-0.4, -0.2) is 32.4 Å². The monoisotopic (exact) mass is 454 g/mol. The number of nitrogens with zero attached hydrogens (tertiary/aromatic N) is 1. The van der Waals surface area contributed by atoms with Crippen molar-refractivity contribution in [3.8, 4) is 0 Å². The molecule has 1 heterocycles. The Bertz CT molecular complexity index is 1240. The minimum Gasteiger partial charge on any atom is -0.293 e. The van der Waals surface area contributed by atoms with Crippen LogP contribution in [0.4, 0.5) is 0 Å². The largest absolute Gasteiger partial charge is 0.293 e. The molecule has 0 saturated heterocycles. The van der Waals surface area contributed by atoms with E-state index in [1.165, 1.54) is 23.1 Å². The fourth-order valence-corrected chi connectivity index (χ4v) is 6.83. The van der Waals surface area contributed by atoms with Gasteiger partial charge >= 0.3 is 0 Å². The van der Waals surface area contributed by atoms with Crippen LogP contribution in [0.2, 0.25) is 5.02 Å². The Morgan fingerprint density at radius 1 is 1.03 bits per heavy atom. The van der Waals surface area contributed by atoms with Crippen molar-refractivity contribution in [3.63, 3.8) is 0 Å². The maximum atomic E-state index is 13.0. The van der Waals surface area contributed by atoms with E-state index in [1.54, 1.807) is 18.2 Å². The molecule has 2 aliphatic rings. The minimum atomic E-state index is -3.61. The lowest BCUT2D eigenvalue weighted by Gasteiger charge is -2.39. The fourth-order valence-electron chi connectivity index (χ4n) is 5.35. The van der Waals surface area contributed by atoms with Gasteiger partial charge in [-0.05, 0) is 61.4 Å². The van der Waals surface area contributed by atoms with E-state index in [4.69, 9.17) is 11.6 Å². The second-order valence-electron chi connectivity index (χ2n) is 8.66. The number of aryl methyl sites for hydroxylation is 1. The van der Waals surface area contributed by atoms with Gasteiger partial charge in [0.15, 0.2) is 0 Å². The van der Waals surface area contributed by atoms with Gasteiger partial charge in [0.2, 0.25) is 10.0 Å². The second-order valence-corrected chi connectivity index (χ2v) is 10.8. The van der Waals surface area contributed by atoms with Gasteiger partial charge in [0, 0.05) is 41.0 Å². The van der Waals surface area contributed by atoms with E-state index in [2.05, 4.69) is 34.7 Å². The number of hydrogen-bond donors (Lipinski definition) is 1. The Kier molecular flexibility index (Phi) is 5.55. The predicted octanol–water partition coefficient (Wildman–Crippen LogP) is 5.10. The zero-order chi connectivity index (χ0) is 21.6. The van der Waals surface area contributed by atoms with Crippen molar-refractivity contribution in [2.75, 3.05) is 13.1 Å². The first-order valence-corrected chi connectivity index (χ1v) is 12.8. The maximum Gasteiger partial charge on any atom is 0.241 e. The van der Waals surface area contributed by atoms with Gasteiger partial charge in [-0.2, -0.15) is 0 Å². The van der Waals surface area contributed by atoms with Gasteiger partial charge in [-0.1, -0.05) is 54.1 Å². The first kappa shape index (κ1) is 21.0. The summed E-state index contributed by atoms with van der Waals surface area (Å²) in [6.45, 7) is 3.67. The number of fused-ring (bicyclic) bond motifs is 1. The lowest BCUT2D eigenvalue weighted by atomic mass is 9.92. The number of hydrogen-bond acceptors (Lipinski definition) is 3. The van der Waals surface area contributed by atoms with Crippen molar-refractivity contribution in [1.82, 2.24) is 9.62 Å². The summed E-state index contributed by atoms with van der Waals surface area (Å²) in [7, 11) is -3.61. The van der Waals surface area contributed by atoms with Crippen molar-refractivity contribution >= 4 is 32.4 Å². The van der Waals surface area contributed by atoms with Gasteiger partial charge in [0.1, 0.15) is 0 Å². The quantitative estimate of drug-likeness (QED) is 0.564. The Balaban J connectivity index is 1.28. The molecule has 1 aliphatic carbocycles. The molecule has 0 spiro atoms. The molecule has 4 nitrogen and oxygen atoms in total. The highest BCUT2D eigenvalue weighted by atomic mass is 35.5. The second kappa shape index (κ2) is 8.21. The van der Waals surface area contributed by atoms with Gasteiger partial charge in [0.25, 0.3) is 0 Å². The molecule has 0 radical (unpaired) electrons. The van der Waals surface area contributed by atoms with Crippen LogP contribution in [0.5, 0.6) is 0 Å². The van der Waals surface area contributed by atoms with E-state index in [-0.39, 0.29) is 4.90 Å². The van der Waals surface area contributed by atoms with Gasteiger partial charge in [0.05, 0.1) is 4.90 Å². The summed E-state index contributed by atoms with van der Waals surface area (Å²) in [5.74, 6) is 0. The summed E-state index contributed by atoms with van der Waals surface area (Å²) in [5, 5.41) is 1.97. The average molecular weight is 455 g/mol. The normalized spacial score (nSPS) is 19.5. The summed E-state index contributed by atoms with van der Waals surface area (Å²) >= 11 is 6.26. The number of rotatable bonds is 6. The molecule has 0 fully saturated rings. The Morgan fingerprint density at radius 3 is 2.58 bits per heavy atom. The molecule has 0 amide bonds. The van der Waals surface area contributed by atoms with Crippen molar-refractivity contribution in [2.45, 2.75) is 49.6 Å². The van der Waals surface area contributed by atoms with Gasteiger partial charge in [-0.25, -0.2) is 13.1 Å². The SMILES string of the molecule is CC(CCNS(=O)(=O)c1ccc(Cl)c2ccccc12)N1CCc2cccc3c2C1CC3. The van der Waals surface area contributed by atoms with Crippen molar-refractivity contribution in [2.24, 2.45) is 0 Å². The first-order valence-electron chi connectivity index (χ1n) is 11.0. The number of sulfonamides is 1. The van der Waals surface area contributed by atoms with Crippen LogP contribution in [-0.2, 0) is 22.9 Å². The first-order chi connectivity index (χ1) is 15.0. The van der Waals surface area contributed by atoms with Crippen LogP contribution in [0.25, 0.3) is 10.8 Å². The lowest BCUT2D eigenvalue weighted by Crippen LogP contribution is -2.42. The van der Waals surface area contributed by atoms with Crippen LogP contribution in [0.1, 0.15) is 42.5 Å². The fraction of sp³-hybridized carbons (Fsp3) is 0.360. The molecule has 1 aliphatic heterocycles. The Hall–Kier alpha value is -1.92. The van der Waals surface area contributed by atoms with Gasteiger partial charge in [-0.3, -0.25) is 4.90 Å². The van der Waals surface area contributed by atoms with E-state index >= 15 is 0 Å². The van der Waals surface area contributed by atoms with Crippen molar-refractivity contribution < 1.29 is 8.42 Å². The third-order valence-electron chi connectivity index (χ3n) is 6.89. The molecule has 0 aromatic heterocycles. The van der Waals surface area contributed by atoms with E-state index < -0.39 is 10.0 Å². The topological polar surface area (TPSA) is 49.4 Å². The van der Waals surface area contributed by atoms with Crippen molar-refractivity contribution in [1.29, 1.82) is 0 Å². The van der Waals surface area contributed by atoms with E-state index in [0.717, 1.165) is 31.2 Å². The van der Waals surface area contributed by atoms with Crippen LogP contribution >= 0.6 is 11.6 Å². The molecule has 5 rings (SSSR count). The number of benzene rings is 3. The average Bonchev–Trinajstić information content (AvgIpc) is 3.20. The van der Waals surface area contributed by atoms with Gasteiger partial charge < -0.3 is 0 Å².